The van der Waals surface area contributed by atoms with Crippen LogP contribution in [-0.2, 0) is 32.6 Å². The first-order valence-corrected chi connectivity index (χ1v) is 15.7. The number of amides is 2. The van der Waals surface area contributed by atoms with E-state index in [1.165, 1.54) is 30.2 Å². The van der Waals surface area contributed by atoms with E-state index in [4.69, 9.17) is 21.1 Å². The molecule has 42 heavy (non-hydrogen) atoms. The fourth-order valence-electron chi connectivity index (χ4n) is 4.37. The summed E-state index contributed by atoms with van der Waals surface area (Å²) in [5.74, 6) is 0.256. The van der Waals surface area contributed by atoms with E-state index in [0.29, 0.717) is 18.0 Å². The summed E-state index contributed by atoms with van der Waals surface area (Å²) in [7, 11) is -0.931. The van der Waals surface area contributed by atoms with E-state index in [0.717, 1.165) is 21.7 Å². The zero-order chi connectivity index (χ0) is 30.9. The number of nitrogens with zero attached hydrogens (tertiary/aromatic N) is 2. The number of benzene rings is 3. The molecule has 0 aliphatic carbocycles. The third kappa shape index (κ3) is 9.12. The standard InChI is InChI=1S/C31H38ClN3O6S/c1-22(2)19-33-31(37)28(17-23-10-7-6-8-11-23)34(20-24-12-9-13-26(16-24)40-3)30(36)21-35(42(5,38)39)25-14-15-29(41-4)27(32)18-25/h6-16,18,22,28H,17,19-21H2,1-5H3,(H,33,37)/t28-/m1/s1. The Kier molecular flexibility index (Phi) is 11.6. The monoisotopic (exact) mass is 615 g/mol. The topological polar surface area (TPSA) is 105 Å². The SMILES string of the molecule is COc1cccc(CN(C(=O)CN(c2ccc(OC)c(Cl)c2)S(C)(=O)=O)[C@H](Cc2ccccc2)C(=O)NCC(C)C)c1. The summed E-state index contributed by atoms with van der Waals surface area (Å²) < 4.78 is 37.5. The van der Waals surface area contributed by atoms with Crippen LogP contribution in [-0.4, -0.2) is 64.7 Å². The molecule has 0 fully saturated rings. The minimum absolute atomic E-state index is 0.0452. The van der Waals surface area contributed by atoms with E-state index < -0.39 is 28.5 Å². The van der Waals surface area contributed by atoms with Crippen LogP contribution in [0.15, 0.2) is 72.8 Å². The highest BCUT2D eigenvalue weighted by Gasteiger charge is 2.33. The summed E-state index contributed by atoms with van der Waals surface area (Å²) in [5, 5.41) is 3.15. The number of hydrogen-bond acceptors (Lipinski definition) is 6. The number of anilines is 1. The Balaban J connectivity index is 2.07. The highest BCUT2D eigenvalue weighted by Crippen LogP contribution is 2.30. The lowest BCUT2D eigenvalue weighted by Gasteiger charge is -2.33. The van der Waals surface area contributed by atoms with E-state index >= 15 is 0 Å². The average Bonchev–Trinajstić information content (AvgIpc) is 2.96. The van der Waals surface area contributed by atoms with Crippen LogP contribution >= 0.6 is 11.6 Å². The van der Waals surface area contributed by atoms with Crippen molar-refractivity contribution in [1.29, 1.82) is 0 Å². The maximum absolute atomic E-state index is 14.2. The third-order valence-electron chi connectivity index (χ3n) is 6.55. The van der Waals surface area contributed by atoms with Crippen molar-refractivity contribution in [3.8, 4) is 11.5 Å². The van der Waals surface area contributed by atoms with Gasteiger partial charge >= 0.3 is 0 Å². The summed E-state index contributed by atoms with van der Waals surface area (Å²) >= 11 is 6.29. The van der Waals surface area contributed by atoms with Crippen LogP contribution in [0, 0.1) is 5.92 Å². The van der Waals surface area contributed by atoms with Gasteiger partial charge in [-0.2, -0.15) is 0 Å². The number of halogens is 1. The van der Waals surface area contributed by atoms with E-state index in [1.807, 2.05) is 50.2 Å². The number of sulfonamides is 1. The van der Waals surface area contributed by atoms with E-state index in [-0.39, 0.29) is 35.5 Å². The lowest BCUT2D eigenvalue weighted by atomic mass is 10.0. The maximum Gasteiger partial charge on any atom is 0.244 e. The molecule has 0 saturated carbocycles. The van der Waals surface area contributed by atoms with Crippen molar-refractivity contribution < 1.29 is 27.5 Å². The van der Waals surface area contributed by atoms with Gasteiger partial charge in [-0.15, -0.1) is 0 Å². The number of nitrogens with one attached hydrogen (secondary N) is 1. The maximum atomic E-state index is 14.2. The Bertz CT molecular complexity index is 1470. The Morgan fingerprint density at radius 3 is 2.21 bits per heavy atom. The zero-order valence-corrected chi connectivity index (χ0v) is 26.1. The quantitative estimate of drug-likeness (QED) is 0.286. The molecule has 1 N–H and O–H groups in total. The number of ether oxygens (including phenoxy) is 2. The molecule has 0 radical (unpaired) electrons. The summed E-state index contributed by atoms with van der Waals surface area (Å²) in [6.07, 6.45) is 1.25. The zero-order valence-electron chi connectivity index (χ0n) is 24.5. The number of hydrogen-bond donors (Lipinski definition) is 1. The second kappa shape index (κ2) is 14.9. The van der Waals surface area contributed by atoms with Crippen LogP contribution < -0.4 is 19.1 Å². The number of methoxy groups -OCH3 is 2. The van der Waals surface area contributed by atoms with Gasteiger partial charge in [-0.3, -0.25) is 13.9 Å². The lowest BCUT2D eigenvalue weighted by molar-refractivity contribution is -0.140. The molecule has 0 spiro atoms. The molecule has 3 aromatic carbocycles. The molecule has 0 aliphatic rings. The van der Waals surface area contributed by atoms with Gasteiger partial charge in [0.25, 0.3) is 0 Å². The van der Waals surface area contributed by atoms with Crippen molar-refractivity contribution in [2.75, 3.05) is 37.9 Å². The van der Waals surface area contributed by atoms with Crippen LogP contribution in [0.2, 0.25) is 5.02 Å². The minimum atomic E-state index is -3.93. The molecule has 0 aromatic heterocycles. The minimum Gasteiger partial charge on any atom is -0.497 e. The van der Waals surface area contributed by atoms with Gasteiger partial charge in [0, 0.05) is 19.5 Å². The summed E-state index contributed by atoms with van der Waals surface area (Å²) in [4.78, 5) is 29.3. The van der Waals surface area contributed by atoms with Crippen LogP contribution in [0.5, 0.6) is 11.5 Å². The Morgan fingerprint density at radius 2 is 1.62 bits per heavy atom. The molecule has 3 aromatic rings. The fourth-order valence-corrected chi connectivity index (χ4v) is 5.46. The molecular weight excluding hydrogens is 578 g/mol. The van der Waals surface area contributed by atoms with Crippen LogP contribution in [0.25, 0.3) is 0 Å². The van der Waals surface area contributed by atoms with Crippen molar-refractivity contribution in [3.05, 3.63) is 88.9 Å². The molecule has 2 amide bonds. The molecule has 0 saturated heterocycles. The van der Waals surface area contributed by atoms with Crippen molar-refractivity contribution in [2.24, 2.45) is 5.92 Å². The van der Waals surface area contributed by atoms with E-state index in [1.54, 1.807) is 25.3 Å². The first kappa shape index (κ1) is 32.8. The van der Waals surface area contributed by atoms with Gasteiger partial charge in [0.15, 0.2) is 0 Å². The van der Waals surface area contributed by atoms with Crippen molar-refractivity contribution >= 4 is 39.1 Å². The Morgan fingerprint density at radius 1 is 0.929 bits per heavy atom. The lowest BCUT2D eigenvalue weighted by Crippen LogP contribution is -2.53. The largest absolute Gasteiger partial charge is 0.497 e. The molecule has 3 rings (SSSR count). The van der Waals surface area contributed by atoms with Crippen LogP contribution in [0.4, 0.5) is 5.69 Å². The molecule has 0 aliphatic heterocycles. The van der Waals surface area contributed by atoms with Gasteiger partial charge in [0.1, 0.15) is 24.1 Å². The molecule has 11 heteroatoms. The molecule has 0 bridgehead atoms. The summed E-state index contributed by atoms with van der Waals surface area (Å²) in [6, 6.07) is 20.1. The van der Waals surface area contributed by atoms with Crippen molar-refractivity contribution in [2.45, 2.75) is 32.9 Å². The second-order valence-electron chi connectivity index (χ2n) is 10.3. The van der Waals surface area contributed by atoms with Gasteiger partial charge in [-0.25, -0.2) is 8.42 Å². The van der Waals surface area contributed by atoms with Crippen LogP contribution in [0.3, 0.4) is 0 Å². The molecule has 0 heterocycles. The molecule has 1 atom stereocenters. The number of rotatable bonds is 14. The van der Waals surface area contributed by atoms with Gasteiger partial charge < -0.3 is 19.7 Å². The fraction of sp³-hybridized carbons (Fsp3) is 0.355. The molecule has 9 nitrogen and oxygen atoms in total. The van der Waals surface area contributed by atoms with E-state index in [9.17, 15) is 18.0 Å². The predicted molar refractivity (Wildman–Crippen MR) is 166 cm³/mol. The van der Waals surface area contributed by atoms with Crippen molar-refractivity contribution in [3.63, 3.8) is 0 Å². The normalized spacial score (nSPS) is 12.0. The predicted octanol–water partition coefficient (Wildman–Crippen LogP) is 4.54. The second-order valence-corrected chi connectivity index (χ2v) is 12.6. The van der Waals surface area contributed by atoms with Gasteiger partial charge in [-0.1, -0.05) is 67.9 Å². The number of carbonyl (C=O) groups excluding carboxylic acids is 2. The average molecular weight is 616 g/mol. The Labute approximate surface area is 253 Å². The van der Waals surface area contributed by atoms with Gasteiger partial charge in [0.05, 0.1) is 31.2 Å². The Hall–Kier alpha value is -3.76. The molecule has 226 valence electrons. The summed E-state index contributed by atoms with van der Waals surface area (Å²) in [5.41, 5.74) is 1.77. The van der Waals surface area contributed by atoms with Crippen LogP contribution in [0.1, 0.15) is 25.0 Å². The summed E-state index contributed by atoms with van der Waals surface area (Å²) in [6.45, 7) is 3.88. The molecular formula is C31H38ClN3O6S. The van der Waals surface area contributed by atoms with Crippen molar-refractivity contribution in [1.82, 2.24) is 10.2 Å². The molecule has 0 unspecified atom stereocenters. The highest BCUT2D eigenvalue weighted by atomic mass is 35.5. The van der Waals surface area contributed by atoms with Gasteiger partial charge in [-0.05, 0) is 47.4 Å². The first-order chi connectivity index (χ1) is 19.9. The van der Waals surface area contributed by atoms with E-state index in [2.05, 4.69) is 5.32 Å². The highest BCUT2D eigenvalue weighted by molar-refractivity contribution is 7.92. The first-order valence-electron chi connectivity index (χ1n) is 13.5. The smallest absolute Gasteiger partial charge is 0.244 e. The number of carbonyl (C=O) groups is 2. The third-order valence-corrected chi connectivity index (χ3v) is 7.98. The van der Waals surface area contributed by atoms with Gasteiger partial charge in [0.2, 0.25) is 21.8 Å².